The molecule has 0 fully saturated rings. The van der Waals surface area contributed by atoms with Crippen LogP contribution in [-0.2, 0) is 25.1 Å². The zero-order chi connectivity index (χ0) is 13.8. The third-order valence-corrected chi connectivity index (χ3v) is 5.59. The molecule has 0 unspecified atom stereocenters. The normalized spacial score (nSPS) is 11.2. The first kappa shape index (κ1) is 15.0. The maximum Gasteiger partial charge on any atom is 0.170 e. The second-order valence-electron chi connectivity index (χ2n) is 4.00. The fourth-order valence-electron chi connectivity index (χ4n) is 1.73. The van der Waals surface area contributed by atoms with Crippen molar-refractivity contribution in [3.63, 3.8) is 0 Å². The quantitative estimate of drug-likeness (QED) is 0.731. The minimum absolute atomic E-state index is 0.875. The predicted octanol–water partition coefficient (Wildman–Crippen LogP) is 3.93. The summed E-state index contributed by atoms with van der Waals surface area (Å²) in [6, 6.07) is 0. The van der Waals surface area contributed by atoms with Gasteiger partial charge in [0.05, 0.1) is 15.9 Å². The molecule has 19 heavy (non-hydrogen) atoms. The van der Waals surface area contributed by atoms with E-state index in [9.17, 15) is 0 Å². The summed E-state index contributed by atoms with van der Waals surface area (Å²) in [5.74, 6) is 1.81. The van der Waals surface area contributed by atoms with Gasteiger partial charge >= 0.3 is 0 Å². The predicted molar refractivity (Wildman–Crippen MR) is 83.8 cm³/mol. The van der Waals surface area contributed by atoms with Crippen LogP contribution in [0.15, 0.2) is 8.81 Å². The Balaban J connectivity index is 2.12. The molecule has 2 rings (SSSR count). The van der Waals surface area contributed by atoms with E-state index in [1.165, 1.54) is 17.2 Å². The summed E-state index contributed by atoms with van der Waals surface area (Å²) in [5, 5.41) is 4.60. The molecule has 0 saturated heterocycles. The van der Waals surface area contributed by atoms with Gasteiger partial charge in [-0.05, 0) is 40.8 Å². The molecule has 4 nitrogen and oxygen atoms in total. The van der Waals surface area contributed by atoms with Crippen LogP contribution in [-0.4, -0.2) is 19.1 Å². The zero-order valence-electron chi connectivity index (χ0n) is 11.3. The summed E-state index contributed by atoms with van der Waals surface area (Å²) < 4.78 is 8.55. The van der Waals surface area contributed by atoms with Crippen LogP contribution in [0.2, 0.25) is 0 Å². The molecular formula is C12H17BrN4S2. The first-order valence-electron chi connectivity index (χ1n) is 6.38. The van der Waals surface area contributed by atoms with Crippen molar-refractivity contribution in [3.8, 4) is 0 Å². The Morgan fingerprint density at radius 3 is 2.63 bits per heavy atom. The van der Waals surface area contributed by atoms with Crippen LogP contribution < -0.4 is 0 Å². The molecule has 0 aliphatic carbocycles. The van der Waals surface area contributed by atoms with Crippen molar-refractivity contribution in [3.05, 3.63) is 21.7 Å². The minimum atomic E-state index is 0.875. The third-order valence-electron chi connectivity index (χ3n) is 2.79. The van der Waals surface area contributed by atoms with E-state index in [0.717, 1.165) is 45.5 Å². The molecule has 0 aliphatic heterocycles. The van der Waals surface area contributed by atoms with E-state index in [1.807, 2.05) is 0 Å². The Hall–Kier alpha value is -0.400. The van der Waals surface area contributed by atoms with Gasteiger partial charge < -0.3 is 0 Å². The summed E-state index contributed by atoms with van der Waals surface area (Å²) in [7, 11) is 0. The summed E-state index contributed by atoms with van der Waals surface area (Å²) in [5.41, 5.74) is 2.36. The number of halogens is 1. The standard InChI is InChI=1S/C12H17BrN4S2/c1-4-8-11(13)9(17(6-3)15-8)7-18-12-14-10(5-2)16-19-12/h4-7H2,1-3H3. The average Bonchev–Trinajstić information content (AvgIpc) is 3.00. The monoisotopic (exact) mass is 360 g/mol. The molecule has 0 spiro atoms. The van der Waals surface area contributed by atoms with Gasteiger partial charge in [0.15, 0.2) is 4.34 Å². The molecule has 0 saturated carbocycles. The topological polar surface area (TPSA) is 43.6 Å². The van der Waals surface area contributed by atoms with Crippen molar-refractivity contribution in [2.45, 2.75) is 50.3 Å². The number of aryl methyl sites for hydroxylation is 3. The fraction of sp³-hybridized carbons (Fsp3) is 0.583. The number of rotatable bonds is 6. The molecule has 0 amide bonds. The molecule has 2 aromatic heterocycles. The van der Waals surface area contributed by atoms with Gasteiger partial charge in [0.25, 0.3) is 0 Å². The van der Waals surface area contributed by atoms with E-state index in [0.29, 0.717) is 0 Å². The summed E-state index contributed by atoms with van der Waals surface area (Å²) >= 11 is 6.88. The molecule has 0 radical (unpaired) electrons. The molecule has 2 heterocycles. The van der Waals surface area contributed by atoms with Gasteiger partial charge in [-0.2, -0.15) is 9.47 Å². The second kappa shape index (κ2) is 6.85. The van der Waals surface area contributed by atoms with Crippen LogP contribution in [0.1, 0.15) is 38.0 Å². The van der Waals surface area contributed by atoms with Gasteiger partial charge in [-0.3, -0.25) is 4.68 Å². The molecule has 0 aliphatic rings. The number of aromatic nitrogens is 4. The maximum atomic E-state index is 4.60. The fourth-order valence-corrected chi connectivity index (χ4v) is 4.34. The van der Waals surface area contributed by atoms with E-state index in [-0.39, 0.29) is 0 Å². The van der Waals surface area contributed by atoms with Crippen molar-refractivity contribution in [1.29, 1.82) is 0 Å². The van der Waals surface area contributed by atoms with Crippen LogP contribution in [0.5, 0.6) is 0 Å². The van der Waals surface area contributed by atoms with Crippen LogP contribution in [0.3, 0.4) is 0 Å². The van der Waals surface area contributed by atoms with Crippen molar-refractivity contribution in [2.75, 3.05) is 0 Å². The number of nitrogens with zero attached hydrogens (tertiary/aromatic N) is 4. The van der Waals surface area contributed by atoms with Crippen molar-refractivity contribution in [1.82, 2.24) is 19.1 Å². The second-order valence-corrected chi connectivity index (χ2v) is 6.76. The van der Waals surface area contributed by atoms with Crippen molar-refractivity contribution < 1.29 is 0 Å². The largest absolute Gasteiger partial charge is 0.268 e. The molecule has 0 N–H and O–H groups in total. The Bertz CT molecular complexity index is 550. The molecule has 0 atom stereocenters. The lowest BCUT2D eigenvalue weighted by Gasteiger charge is -2.03. The highest BCUT2D eigenvalue weighted by Gasteiger charge is 2.14. The Kier molecular flexibility index (Phi) is 5.41. The van der Waals surface area contributed by atoms with Crippen LogP contribution in [0.4, 0.5) is 0 Å². The van der Waals surface area contributed by atoms with Crippen molar-refractivity contribution in [2.24, 2.45) is 0 Å². The summed E-state index contributed by atoms with van der Waals surface area (Å²) in [6.45, 7) is 7.22. The highest BCUT2D eigenvalue weighted by molar-refractivity contribution is 9.10. The smallest absolute Gasteiger partial charge is 0.170 e. The third kappa shape index (κ3) is 3.38. The molecule has 2 aromatic rings. The number of hydrogen-bond donors (Lipinski definition) is 0. The molecule has 7 heteroatoms. The SMILES string of the molecule is CCc1nsc(SCc2c(Br)c(CC)nn2CC)n1. The van der Waals surface area contributed by atoms with E-state index in [1.54, 1.807) is 11.8 Å². The van der Waals surface area contributed by atoms with Crippen molar-refractivity contribution >= 4 is 39.2 Å². The zero-order valence-corrected chi connectivity index (χ0v) is 14.5. The lowest BCUT2D eigenvalue weighted by Crippen LogP contribution is -2.01. The highest BCUT2D eigenvalue weighted by atomic mass is 79.9. The van der Waals surface area contributed by atoms with Gasteiger partial charge in [0.1, 0.15) is 5.82 Å². The van der Waals surface area contributed by atoms with Crippen LogP contribution in [0, 0.1) is 0 Å². The van der Waals surface area contributed by atoms with Gasteiger partial charge in [-0.1, -0.05) is 25.6 Å². The van der Waals surface area contributed by atoms with Gasteiger partial charge in [0, 0.05) is 18.7 Å². The van der Waals surface area contributed by atoms with Crippen LogP contribution >= 0.6 is 39.2 Å². The van der Waals surface area contributed by atoms with Gasteiger partial charge in [0.2, 0.25) is 0 Å². The van der Waals surface area contributed by atoms with Crippen LogP contribution in [0.25, 0.3) is 0 Å². The van der Waals surface area contributed by atoms with E-state index in [4.69, 9.17) is 0 Å². The summed E-state index contributed by atoms with van der Waals surface area (Å²) in [6.07, 6.45) is 1.84. The number of hydrogen-bond acceptors (Lipinski definition) is 5. The Morgan fingerprint density at radius 1 is 1.26 bits per heavy atom. The molecular weight excluding hydrogens is 344 g/mol. The van der Waals surface area contributed by atoms with Gasteiger partial charge in [-0.25, -0.2) is 4.98 Å². The summed E-state index contributed by atoms with van der Waals surface area (Å²) in [4.78, 5) is 4.48. The molecule has 104 valence electrons. The lowest BCUT2D eigenvalue weighted by atomic mass is 10.3. The first-order valence-corrected chi connectivity index (χ1v) is 8.94. The maximum absolute atomic E-state index is 4.60. The average molecular weight is 361 g/mol. The highest BCUT2D eigenvalue weighted by Crippen LogP contribution is 2.30. The number of thioether (sulfide) groups is 1. The molecule has 0 bridgehead atoms. The van der Waals surface area contributed by atoms with E-state index in [2.05, 4.69) is 55.8 Å². The van der Waals surface area contributed by atoms with E-state index < -0.39 is 0 Å². The lowest BCUT2D eigenvalue weighted by molar-refractivity contribution is 0.627. The van der Waals surface area contributed by atoms with Gasteiger partial charge in [-0.15, -0.1) is 0 Å². The first-order chi connectivity index (χ1) is 9.19. The minimum Gasteiger partial charge on any atom is -0.268 e. The Labute approximate surface area is 130 Å². The molecule has 0 aromatic carbocycles. The Morgan fingerprint density at radius 2 is 2.05 bits per heavy atom. The van der Waals surface area contributed by atoms with E-state index >= 15 is 0 Å².